The van der Waals surface area contributed by atoms with Gasteiger partial charge in [0.05, 0.1) is 11.4 Å². The number of hydrogen-bond acceptors (Lipinski definition) is 3. The summed E-state index contributed by atoms with van der Waals surface area (Å²) in [7, 11) is 0. The van der Waals surface area contributed by atoms with E-state index in [0.29, 0.717) is 15.0 Å². The van der Waals surface area contributed by atoms with Gasteiger partial charge in [-0.2, -0.15) is 0 Å². The van der Waals surface area contributed by atoms with Crippen molar-refractivity contribution in [2.45, 2.75) is 20.4 Å². The molecule has 4 nitrogen and oxygen atoms in total. The van der Waals surface area contributed by atoms with Crippen LogP contribution in [-0.2, 0) is 11.3 Å². The Labute approximate surface area is 189 Å². The smallest absolute Gasteiger partial charge is 0.293 e. The van der Waals surface area contributed by atoms with Gasteiger partial charge in [0, 0.05) is 27.1 Å². The molecular formula is C23H18Cl2N2O2S. The van der Waals surface area contributed by atoms with E-state index in [1.54, 1.807) is 12.1 Å². The normalized spacial score (nSPS) is 15.5. The lowest BCUT2D eigenvalue weighted by Gasteiger charge is -2.13. The Balaban J connectivity index is 1.63. The lowest BCUT2D eigenvalue weighted by Crippen LogP contribution is -2.27. The van der Waals surface area contributed by atoms with Crippen LogP contribution in [0.3, 0.4) is 0 Å². The molecule has 0 unspecified atom stereocenters. The van der Waals surface area contributed by atoms with E-state index >= 15 is 0 Å². The molecule has 0 N–H and O–H groups in total. The molecule has 1 aliphatic heterocycles. The molecule has 152 valence electrons. The van der Waals surface area contributed by atoms with Gasteiger partial charge in [-0.05, 0) is 79.2 Å². The second-order valence-corrected chi connectivity index (χ2v) is 8.83. The Hall–Kier alpha value is -2.47. The number of thioether (sulfide) groups is 1. The maximum Gasteiger partial charge on any atom is 0.293 e. The molecule has 0 spiro atoms. The highest BCUT2D eigenvalue weighted by Crippen LogP contribution is 2.35. The summed E-state index contributed by atoms with van der Waals surface area (Å²) in [5.74, 6) is -0.304. The zero-order valence-electron chi connectivity index (χ0n) is 16.4. The molecule has 0 aliphatic carbocycles. The topological polar surface area (TPSA) is 42.3 Å². The van der Waals surface area contributed by atoms with Crippen LogP contribution in [-0.4, -0.2) is 20.6 Å². The number of imide groups is 1. The third kappa shape index (κ3) is 3.93. The monoisotopic (exact) mass is 456 g/mol. The predicted molar refractivity (Wildman–Crippen MR) is 123 cm³/mol. The molecule has 4 rings (SSSR count). The summed E-state index contributed by atoms with van der Waals surface area (Å²) in [5, 5.41) is 0.915. The van der Waals surface area contributed by atoms with Crippen LogP contribution in [0.4, 0.5) is 4.79 Å². The van der Waals surface area contributed by atoms with Gasteiger partial charge in [0.15, 0.2) is 0 Å². The van der Waals surface area contributed by atoms with Crippen LogP contribution in [0.2, 0.25) is 10.0 Å². The van der Waals surface area contributed by atoms with Crippen molar-refractivity contribution in [2.75, 3.05) is 0 Å². The van der Waals surface area contributed by atoms with E-state index < -0.39 is 0 Å². The second-order valence-electron chi connectivity index (χ2n) is 7.00. The van der Waals surface area contributed by atoms with Crippen molar-refractivity contribution in [3.63, 3.8) is 0 Å². The fourth-order valence-corrected chi connectivity index (χ4v) is 4.65. The summed E-state index contributed by atoms with van der Waals surface area (Å²) in [6, 6.07) is 16.8. The highest BCUT2D eigenvalue weighted by Gasteiger charge is 2.35. The molecule has 30 heavy (non-hydrogen) atoms. The molecule has 0 radical (unpaired) electrons. The third-order valence-corrected chi connectivity index (χ3v) is 6.53. The molecule has 2 heterocycles. The van der Waals surface area contributed by atoms with E-state index in [1.807, 2.05) is 62.4 Å². The summed E-state index contributed by atoms with van der Waals surface area (Å²) >= 11 is 13.1. The van der Waals surface area contributed by atoms with Crippen molar-refractivity contribution in [3.8, 4) is 5.69 Å². The maximum absolute atomic E-state index is 12.9. The Morgan fingerprint density at radius 3 is 2.40 bits per heavy atom. The first-order valence-electron chi connectivity index (χ1n) is 9.29. The SMILES string of the molecule is Cc1cc(/C=C2\SC(=O)N(Cc3ccccc3Cl)C2=O)c(C)n1-c1ccc(Cl)cc1. The van der Waals surface area contributed by atoms with Gasteiger partial charge in [-0.25, -0.2) is 0 Å². The van der Waals surface area contributed by atoms with E-state index in [4.69, 9.17) is 23.2 Å². The van der Waals surface area contributed by atoms with Crippen molar-refractivity contribution in [1.29, 1.82) is 0 Å². The van der Waals surface area contributed by atoms with Gasteiger partial charge in [-0.3, -0.25) is 14.5 Å². The highest BCUT2D eigenvalue weighted by molar-refractivity contribution is 8.18. The first kappa shape index (κ1) is 20.8. The zero-order valence-corrected chi connectivity index (χ0v) is 18.7. The minimum absolute atomic E-state index is 0.158. The van der Waals surface area contributed by atoms with Crippen LogP contribution in [0.15, 0.2) is 59.5 Å². The average Bonchev–Trinajstić information content (AvgIpc) is 3.14. The second kappa shape index (κ2) is 8.34. The van der Waals surface area contributed by atoms with Crippen LogP contribution in [0, 0.1) is 13.8 Å². The molecule has 0 bridgehead atoms. The van der Waals surface area contributed by atoms with Crippen LogP contribution in [0.25, 0.3) is 11.8 Å². The van der Waals surface area contributed by atoms with Crippen molar-refractivity contribution < 1.29 is 9.59 Å². The van der Waals surface area contributed by atoms with E-state index in [-0.39, 0.29) is 17.7 Å². The number of aryl methyl sites for hydroxylation is 1. The van der Waals surface area contributed by atoms with Gasteiger partial charge in [0.25, 0.3) is 11.1 Å². The summed E-state index contributed by atoms with van der Waals surface area (Å²) in [4.78, 5) is 27.0. The Morgan fingerprint density at radius 1 is 1.00 bits per heavy atom. The minimum Gasteiger partial charge on any atom is -0.318 e. The molecule has 0 atom stereocenters. The number of rotatable bonds is 4. The number of amides is 2. The molecule has 1 aromatic heterocycles. The van der Waals surface area contributed by atoms with Crippen molar-refractivity contribution in [3.05, 3.63) is 92.1 Å². The minimum atomic E-state index is -0.304. The maximum atomic E-state index is 12.9. The molecule has 2 amide bonds. The number of nitrogens with zero attached hydrogens (tertiary/aromatic N) is 2. The lowest BCUT2D eigenvalue weighted by atomic mass is 10.2. The molecular weight excluding hydrogens is 439 g/mol. The number of halogens is 2. The van der Waals surface area contributed by atoms with Gasteiger partial charge in [0.2, 0.25) is 0 Å². The molecule has 1 aliphatic rings. The largest absolute Gasteiger partial charge is 0.318 e. The Bertz CT molecular complexity index is 1180. The van der Waals surface area contributed by atoms with Crippen molar-refractivity contribution in [1.82, 2.24) is 9.47 Å². The molecule has 7 heteroatoms. The number of hydrogen-bond donors (Lipinski definition) is 0. The summed E-state index contributed by atoms with van der Waals surface area (Å²) in [6.07, 6.45) is 1.78. The van der Waals surface area contributed by atoms with Gasteiger partial charge in [-0.15, -0.1) is 0 Å². The fourth-order valence-electron chi connectivity index (χ4n) is 3.50. The van der Waals surface area contributed by atoms with Gasteiger partial charge < -0.3 is 4.57 Å². The van der Waals surface area contributed by atoms with E-state index in [9.17, 15) is 9.59 Å². The van der Waals surface area contributed by atoms with Gasteiger partial charge >= 0.3 is 0 Å². The predicted octanol–water partition coefficient (Wildman–Crippen LogP) is 6.64. The van der Waals surface area contributed by atoms with Crippen LogP contribution < -0.4 is 0 Å². The van der Waals surface area contributed by atoms with E-state index in [2.05, 4.69) is 4.57 Å². The number of carbonyl (C=O) groups is 2. The summed E-state index contributed by atoms with van der Waals surface area (Å²) < 4.78 is 2.09. The van der Waals surface area contributed by atoms with Gasteiger partial charge in [-0.1, -0.05) is 41.4 Å². The third-order valence-electron chi connectivity index (χ3n) is 5.00. The lowest BCUT2D eigenvalue weighted by molar-refractivity contribution is -0.123. The number of carbonyl (C=O) groups excluding carboxylic acids is 2. The molecule has 2 aromatic carbocycles. The standard InChI is InChI=1S/C23H18Cl2N2O2S/c1-14-11-17(15(2)27(14)19-9-7-18(24)8-10-19)12-21-22(28)26(23(29)30-21)13-16-5-3-4-6-20(16)25/h3-12H,13H2,1-2H3/b21-12-. The molecule has 1 fully saturated rings. The Morgan fingerprint density at radius 2 is 1.70 bits per heavy atom. The Kier molecular flexibility index (Phi) is 5.78. The average molecular weight is 457 g/mol. The molecule has 0 saturated carbocycles. The van der Waals surface area contributed by atoms with Gasteiger partial charge in [0.1, 0.15) is 0 Å². The first-order valence-corrected chi connectivity index (χ1v) is 10.9. The van der Waals surface area contributed by atoms with Crippen LogP contribution >= 0.6 is 35.0 Å². The summed E-state index contributed by atoms with van der Waals surface area (Å²) in [6.45, 7) is 4.15. The van der Waals surface area contributed by atoms with E-state index in [1.165, 1.54) is 4.90 Å². The highest BCUT2D eigenvalue weighted by atomic mass is 35.5. The summed E-state index contributed by atoms with van der Waals surface area (Å²) in [5.41, 5.74) is 4.62. The molecule has 1 saturated heterocycles. The zero-order chi connectivity index (χ0) is 21.4. The molecule has 3 aromatic rings. The van der Waals surface area contributed by atoms with Crippen LogP contribution in [0.1, 0.15) is 22.5 Å². The first-order chi connectivity index (χ1) is 14.3. The van der Waals surface area contributed by atoms with Crippen molar-refractivity contribution >= 4 is 52.2 Å². The quantitative estimate of drug-likeness (QED) is 0.413. The fraction of sp³-hybridized carbons (Fsp3) is 0.130. The van der Waals surface area contributed by atoms with Crippen LogP contribution in [0.5, 0.6) is 0 Å². The van der Waals surface area contributed by atoms with E-state index in [0.717, 1.165) is 40.0 Å². The number of aromatic nitrogens is 1. The number of benzene rings is 2. The van der Waals surface area contributed by atoms with Crippen molar-refractivity contribution in [2.24, 2.45) is 0 Å².